The zero-order chi connectivity index (χ0) is 12.6. The number of hydrogen-bond donors (Lipinski definition) is 1. The highest BCUT2D eigenvalue weighted by Crippen LogP contribution is 2.50. The average molecular weight is 241 g/mol. The molecule has 0 saturated heterocycles. The summed E-state index contributed by atoms with van der Waals surface area (Å²) < 4.78 is 32.3. The molecule has 0 radical (unpaired) electrons. The van der Waals surface area contributed by atoms with Gasteiger partial charge in [0.25, 0.3) is 0 Å². The van der Waals surface area contributed by atoms with Crippen LogP contribution in [0, 0.1) is 11.6 Å². The van der Waals surface area contributed by atoms with Gasteiger partial charge in [-0.15, -0.1) is 0 Å². The van der Waals surface area contributed by atoms with Crippen LogP contribution in [0.2, 0.25) is 0 Å². The van der Waals surface area contributed by atoms with E-state index in [0.29, 0.717) is 5.56 Å². The molecule has 0 spiro atoms. The van der Waals surface area contributed by atoms with Crippen molar-refractivity contribution < 1.29 is 13.5 Å². The average Bonchev–Trinajstić information content (AvgIpc) is 3.04. The molecule has 2 nitrogen and oxygen atoms in total. The highest BCUT2D eigenvalue weighted by atomic mass is 19.1. The van der Waals surface area contributed by atoms with Crippen molar-refractivity contribution in [2.75, 3.05) is 7.11 Å². The lowest BCUT2D eigenvalue weighted by Gasteiger charge is -2.21. The lowest BCUT2D eigenvalue weighted by Crippen LogP contribution is -2.31. The Morgan fingerprint density at radius 1 is 1.35 bits per heavy atom. The standard InChI is InChI=1S/C13H17F2NO/c1-8(16)13(3-4-13)9-5-11(14)10(7-17-2)12(15)6-9/h5-6,8H,3-4,7,16H2,1-2H3. The maximum Gasteiger partial charge on any atom is 0.131 e. The first-order valence-corrected chi connectivity index (χ1v) is 5.74. The van der Waals surface area contributed by atoms with Crippen LogP contribution < -0.4 is 5.73 Å². The normalized spacial score (nSPS) is 19.1. The van der Waals surface area contributed by atoms with Crippen LogP contribution in [0.1, 0.15) is 30.9 Å². The molecule has 0 aromatic heterocycles. The van der Waals surface area contributed by atoms with Gasteiger partial charge in [-0.25, -0.2) is 8.78 Å². The van der Waals surface area contributed by atoms with Gasteiger partial charge in [0.15, 0.2) is 0 Å². The van der Waals surface area contributed by atoms with Crippen LogP contribution in [0.5, 0.6) is 0 Å². The van der Waals surface area contributed by atoms with E-state index >= 15 is 0 Å². The van der Waals surface area contributed by atoms with Gasteiger partial charge in [-0.2, -0.15) is 0 Å². The number of rotatable bonds is 4. The van der Waals surface area contributed by atoms with Crippen molar-refractivity contribution >= 4 is 0 Å². The fraction of sp³-hybridized carbons (Fsp3) is 0.538. The molecule has 2 N–H and O–H groups in total. The third-order valence-electron chi connectivity index (χ3n) is 3.66. The second-order valence-electron chi connectivity index (χ2n) is 4.80. The molecule has 1 aliphatic carbocycles. The fourth-order valence-electron chi connectivity index (χ4n) is 2.31. The van der Waals surface area contributed by atoms with Gasteiger partial charge in [0.1, 0.15) is 11.6 Å². The van der Waals surface area contributed by atoms with Crippen LogP contribution in [-0.4, -0.2) is 13.2 Å². The monoisotopic (exact) mass is 241 g/mol. The van der Waals surface area contributed by atoms with Crippen molar-refractivity contribution in [3.8, 4) is 0 Å². The van der Waals surface area contributed by atoms with Crippen LogP contribution in [0.15, 0.2) is 12.1 Å². The number of halogens is 2. The highest BCUT2D eigenvalue weighted by Gasteiger charge is 2.47. The Morgan fingerprint density at radius 3 is 2.24 bits per heavy atom. The minimum atomic E-state index is -0.547. The third kappa shape index (κ3) is 2.07. The van der Waals surface area contributed by atoms with E-state index < -0.39 is 11.6 Å². The van der Waals surface area contributed by atoms with E-state index in [1.165, 1.54) is 19.2 Å². The lowest BCUT2D eigenvalue weighted by atomic mass is 9.88. The Morgan fingerprint density at radius 2 is 1.88 bits per heavy atom. The predicted molar refractivity (Wildman–Crippen MR) is 61.6 cm³/mol. The first kappa shape index (κ1) is 12.5. The van der Waals surface area contributed by atoms with Gasteiger partial charge in [0.2, 0.25) is 0 Å². The SMILES string of the molecule is COCc1c(F)cc(C2(C(C)N)CC2)cc1F. The zero-order valence-corrected chi connectivity index (χ0v) is 10.1. The first-order chi connectivity index (χ1) is 8.01. The van der Waals surface area contributed by atoms with E-state index in [1.54, 1.807) is 0 Å². The van der Waals surface area contributed by atoms with E-state index in [1.807, 2.05) is 6.92 Å². The van der Waals surface area contributed by atoms with Gasteiger partial charge in [0, 0.05) is 24.1 Å². The van der Waals surface area contributed by atoms with Crippen molar-refractivity contribution in [1.29, 1.82) is 0 Å². The highest BCUT2D eigenvalue weighted by molar-refractivity contribution is 5.37. The summed E-state index contributed by atoms with van der Waals surface area (Å²) >= 11 is 0. The molecule has 17 heavy (non-hydrogen) atoms. The topological polar surface area (TPSA) is 35.2 Å². The van der Waals surface area contributed by atoms with Gasteiger partial charge in [-0.1, -0.05) is 0 Å². The van der Waals surface area contributed by atoms with Crippen LogP contribution in [0.3, 0.4) is 0 Å². The van der Waals surface area contributed by atoms with E-state index in [-0.39, 0.29) is 23.6 Å². The number of ether oxygens (including phenoxy) is 1. The Hall–Kier alpha value is -1.00. The van der Waals surface area contributed by atoms with E-state index in [4.69, 9.17) is 10.5 Å². The number of nitrogens with two attached hydrogens (primary N) is 1. The van der Waals surface area contributed by atoms with Crippen molar-refractivity contribution in [2.24, 2.45) is 5.73 Å². The summed E-state index contributed by atoms with van der Waals surface area (Å²) in [5.41, 5.74) is 6.32. The van der Waals surface area contributed by atoms with Gasteiger partial charge in [0.05, 0.1) is 6.61 Å². The van der Waals surface area contributed by atoms with Crippen molar-refractivity contribution in [3.05, 3.63) is 34.9 Å². The maximum absolute atomic E-state index is 13.8. The molecule has 1 unspecified atom stereocenters. The molecule has 1 atom stereocenters. The number of methoxy groups -OCH3 is 1. The van der Waals surface area contributed by atoms with Gasteiger partial charge in [-0.3, -0.25) is 0 Å². The van der Waals surface area contributed by atoms with Crippen molar-refractivity contribution in [3.63, 3.8) is 0 Å². The molecule has 94 valence electrons. The molecule has 1 aliphatic rings. The summed E-state index contributed by atoms with van der Waals surface area (Å²) in [4.78, 5) is 0. The lowest BCUT2D eigenvalue weighted by molar-refractivity contribution is 0.177. The molecule has 0 amide bonds. The van der Waals surface area contributed by atoms with E-state index in [2.05, 4.69) is 0 Å². The fourth-order valence-corrected chi connectivity index (χ4v) is 2.31. The van der Waals surface area contributed by atoms with Gasteiger partial charge in [-0.05, 0) is 37.5 Å². The largest absolute Gasteiger partial charge is 0.380 e. The molecule has 0 bridgehead atoms. The summed E-state index contributed by atoms with van der Waals surface area (Å²) in [6, 6.07) is 2.70. The van der Waals surface area contributed by atoms with Crippen LogP contribution in [0.25, 0.3) is 0 Å². The summed E-state index contributed by atoms with van der Waals surface area (Å²) in [7, 11) is 1.41. The molecular formula is C13H17F2NO. The Labute approximate surface area is 99.8 Å². The summed E-state index contributed by atoms with van der Waals surface area (Å²) in [5, 5.41) is 0. The number of hydrogen-bond acceptors (Lipinski definition) is 2. The Bertz CT molecular complexity index is 404. The minimum absolute atomic E-state index is 0.0169. The Kier molecular flexibility index (Phi) is 3.19. The van der Waals surface area contributed by atoms with Gasteiger partial charge >= 0.3 is 0 Å². The Balaban J connectivity index is 2.39. The molecule has 1 aromatic carbocycles. The summed E-state index contributed by atoms with van der Waals surface area (Å²) in [6.07, 6.45) is 1.79. The molecule has 2 rings (SSSR count). The molecular weight excluding hydrogens is 224 g/mol. The van der Waals surface area contributed by atoms with Crippen LogP contribution >= 0.6 is 0 Å². The quantitative estimate of drug-likeness (QED) is 0.879. The molecule has 1 saturated carbocycles. The zero-order valence-electron chi connectivity index (χ0n) is 10.1. The second-order valence-corrected chi connectivity index (χ2v) is 4.80. The first-order valence-electron chi connectivity index (χ1n) is 5.74. The van der Waals surface area contributed by atoms with Crippen LogP contribution in [-0.2, 0) is 16.8 Å². The van der Waals surface area contributed by atoms with Gasteiger partial charge < -0.3 is 10.5 Å². The molecule has 0 aliphatic heterocycles. The summed E-state index contributed by atoms with van der Waals surface area (Å²) in [5.74, 6) is -1.09. The van der Waals surface area contributed by atoms with E-state index in [0.717, 1.165) is 12.8 Å². The van der Waals surface area contributed by atoms with Crippen LogP contribution in [0.4, 0.5) is 8.78 Å². The van der Waals surface area contributed by atoms with Crippen molar-refractivity contribution in [1.82, 2.24) is 0 Å². The second kappa shape index (κ2) is 4.35. The number of benzene rings is 1. The summed E-state index contributed by atoms with van der Waals surface area (Å²) in [6.45, 7) is 1.83. The smallest absolute Gasteiger partial charge is 0.131 e. The molecule has 4 heteroatoms. The molecule has 0 heterocycles. The van der Waals surface area contributed by atoms with Crippen molar-refractivity contribution in [2.45, 2.75) is 37.8 Å². The third-order valence-corrected chi connectivity index (χ3v) is 3.66. The predicted octanol–water partition coefficient (Wildman–Crippen LogP) is 2.49. The van der Waals surface area contributed by atoms with E-state index in [9.17, 15) is 8.78 Å². The minimum Gasteiger partial charge on any atom is -0.380 e. The molecule has 1 fully saturated rings. The molecule has 1 aromatic rings. The maximum atomic E-state index is 13.8.